The average molecular weight is 336 g/mol. The maximum Gasteiger partial charge on any atom is 0.423 e. The summed E-state index contributed by atoms with van der Waals surface area (Å²) in [6.45, 7) is 2.02. The monoisotopic (exact) mass is 336 g/mol. The first-order valence-electron chi connectivity index (χ1n) is 5.44. The molecule has 2 amide bonds. The summed E-state index contributed by atoms with van der Waals surface area (Å²) in [5.74, 6) is -4.05. The molecule has 0 aromatic rings. The molecule has 0 fully saturated rings. The summed E-state index contributed by atoms with van der Waals surface area (Å²) in [4.78, 5) is 43.3. The van der Waals surface area contributed by atoms with Crippen molar-refractivity contribution in [3.05, 3.63) is 24.6 Å². The molecule has 0 radical (unpaired) electrons. The maximum atomic E-state index is 11.2. The second kappa shape index (κ2) is 9.45. The molecular weight excluding hydrogens is 323 g/mol. The van der Waals surface area contributed by atoms with E-state index in [1.807, 2.05) is 0 Å². The lowest BCUT2D eigenvalue weighted by molar-refractivity contribution is -0.152. The van der Waals surface area contributed by atoms with Crippen molar-refractivity contribution < 1.29 is 43.2 Å². The summed E-state index contributed by atoms with van der Waals surface area (Å²) in [5.41, 5.74) is 0. The van der Waals surface area contributed by atoms with E-state index in [2.05, 4.69) is 9.05 Å². The number of carbonyl (C=O) groups excluding carboxylic acids is 4. The third-order valence-electron chi connectivity index (χ3n) is 1.72. The van der Waals surface area contributed by atoms with Crippen molar-refractivity contribution in [2.45, 2.75) is 13.8 Å². The summed E-state index contributed by atoms with van der Waals surface area (Å²) in [5, 5.41) is 17.9. The van der Waals surface area contributed by atoms with Crippen LogP contribution in [0.25, 0.3) is 0 Å². The van der Waals surface area contributed by atoms with E-state index < -0.39 is 32.0 Å². The van der Waals surface area contributed by atoms with Crippen LogP contribution < -0.4 is 0 Å². The van der Waals surface area contributed by atoms with Gasteiger partial charge in [-0.25, -0.2) is 14.2 Å². The zero-order chi connectivity index (χ0) is 17.3. The highest BCUT2D eigenvalue weighted by molar-refractivity contribution is 7.34. The Hall–Kier alpha value is -2.49. The third-order valence-corrected chi connectivity index (χ3v) is 2.45. The normalized spacial score (nSPS) is 12.0. The lowest BCUT2D eigenvalue weighted by Crippen LogP contribution is -2.18. The standard InChI is InChI=1S/C10H13N2O9P/c1-7(13)11(17)5-3-9(15)20-22(19)21-10(16)4-6-12(18)8(2)14/h3-6,17-18,22H,1-2H3. The van der Waals surface area contributed by atoms with Crippen LogP contribution in [0.3, 0.4) is 0 Å². The molecule has 0 atom stereocenters. The van der Waals surface area contributed by atoms with E-state index in [9.17, 15) is 23.7 Å². The molecule has 11 nitrogen and oxygen atoms in total. The fourth-order valence-corrected chi connectivity index (χ4v) is 1.23. The molecule has 122 valence electrons. The highest BCUT2D eigenvalue weighted by atomic mass is 31.1. The first-order chi connectivity index (χ1) is 10.1. The van der Waals surface area contributed by atoms with Crippen LogP contribution >= 0.6 is 8.25 Å². The third kappa shape index (κ3) is 8.64. The summed E-state index contributed by atoms with van der Waals surface area (Å²) in [7, 11) is -3.54. The minimum atomic E-state index is -3.54. The van der Waals surface area contributed by atoms with Gasteiger partial charge >= 0.3 is 20.2 Å². The van der Waals surface area contributed by atoms with Gasteiger partial charge in [-0.3, -0.25) is 20.0 Å². The van der Waals surface area contributed by atoms with Crippen molar-refractivity contribution in [2.75, 3.05) is 0 Å². The van der Waals surface area contributed by atoms with Crippen molar-refractivity contribution in [2.24, 2.45) is 0 Å². The molecule has 0 saturated carbocycles. The van der Waals surface area contributed by atoms with Crippen molar-refractivity contribution in [1.29, 1.82) is 0 Å². The first kappa shape index (κ1) is 19.5. The van der Waals surface area contributed by atoms with Gasteiger partial charge in [0.05, 0.1) is 0 Å². The number of carbonyl (C=O) groups is 4. The molecule has 0 aliphatic rings. The molecular formula is C10H13N2O9P. The molecule has 0 aliphatic carbocycles. The fourth-order valence-electron chi connectivity index (χ4n) is 0.726. The Balaban J connectivity index is 4.34. The van der Waals surface area contributed by atoms with Gasteiger partial charge in [0.2, 0.25) is 11.8 Å². The SMILES string of the molecule is CC(=O)N(O)C=CC(=O)O[PH](=O)OC(=O)C=CN(O)C(C)=O. The van der Waals surface area contributed by atoms with Gasteiger partial charge in [0.25, 0.3) is 0 Å². The van der Waals surface area contributed by atoms with E-state index in [1.165, 1.54) is 0 Å². The van der Waals surface area contributed by atoms with Gasteiger partial charge in [-0.15, -0.1) is 0 Å². The van der Waals surface area contributed by atoms with Gasteiger partial charge in [-0.05, 0) is 0 Å². The van der Waals surface area contributed by atoms with Crippen LogP contribution in [-0.2, 0) is 32.8 Å². The molecule has 0 unspecified atom stereocenters. The quantitative estimate of drug-likeness (QED) is 0.295. The van der Waals surface area contributed by atoms with Gasteiger partial charge in [0, 0.05) is 38.4 Å². The molecule has 0 rings (SSSR count). The predicted octanol–water partition coefficient (Wildman–Crippen LogP) is -0.0347. The zero-order valence-corrected chi connectivity index (χ0v) is 12.5. The van der Waals surface area contributed by atoms with Crippen LogP contribution in [0.2, 0.25) is 0 Å². The van der Waals surface area contributed by atoms with E-state index in [0.717, 1.165) is 13.8 Å². The largest absolute Gasteiger partial charge is 0.423 e. The van der Waals surface area contributed by atoms with Crippen LogP contribution in [0.1, 0.15) is 13.8 Å². The van der Waals surface area contributed by atoms with E-state index in [0.29, 0.717) is 24.6 Å². The van der Waals surface area contributed by atoms with Crippen molar-refractivity contribution >= 4 is 32.0 Å². The molecule has 0 heterocycles. The minimum Gasteiger partial charge on any atom is -0.382 e. The molecule has 2 N–H and O–H groups in total. The average Bonchev–Trinajstić information content (AvgIpc) is 2.41. The van der Waals surface area contributed by atoms with Crippen LogP contribution in [0.15, 0.2) is 24.6 Å². The molecule has 22 heavy (non-hydrogen) atoms. The molecule has 0 aromatic heterocycles. The maximum absolute atomic E-state index is 11.2. The van der Waals surface area contributed by atoms with E-state index in [1.54, 1.807) is 0 Å². The van der Waals surface area contributed by atoms with E-state index in [-0.39, 0.29) is 10.1 Å². The van der Waals surface area contributed by atoms with Gasteiger partial charge in [-0.2, -0.15) is 10.1 Å². The Bertz CT molecular complexity index is 497. The number of hydrogen-bond donors (Lipinski definition) is 2. The summed E-state index contributed by atoms with van der Waals surface area (Å²) >= 11 is 0. The minimum absolute atomic E-state index is 0.0742. The zero-order valence-electron chi connectivity index (χ0n) is 11.5. The summed E-state index contributed by atoms with van der Waals surface area (Å²) in [6.07, 6.45) is 2.41. The molecule has 12 heteroatoms. The lowest BCUT2D eigenvalue weighted by atomic mass is 10.6. The van der Waals surface area contributed by atoms with Crippen molar-refractivity contribution in [1.82, 2.24) is 10.1 Å². The number of rotatable bonds is 6. The Morgan fingerprint density at radius 2 is 1.18 bits per heavy atom. The van der Waals surface area contributed by atoms with Crippen LogP contribution in [0.4, 0.5) is 0 Å². The van der Waals surface area contributed by atoms with Gasteiger partial charge < -0.3 is 9.05 Å². The van der Waals surface area contributed by atoms with Crippen LogP contribution in [-0.4, -0.2) is 44.3 Å². The smallest absolute Gasteiger partial charge is 0.382 e. The molecule has 0 aromatic carbocycles. The van der Waals surface area contributed by atoms with E-state index in [4.69, 9.17) is 10.4 Å². The van der Waals surface area contributed by atoms with E-state index >= 15 is 0 Å². The Kier molecular flexibility index (Phi) is 8.38. The number of amides is 2. The molecule has 0 spiro atoms. The van der Waals surface area contributed by atoms with Crippen molar-refractivity contribution in [3.8, 4) is 0 Å². The highest BCUT2D eigenvalue weighted by Gasteiger charge is 2.11. The predicted molar refractivity (Wildman–Crippen MR) is 68.1 cm³/mol. The molecule has 0 aliphatic heterocycles. The number of hydrogen-bond acceptors (Lipinski definition) is 9. The fraction of sp³-hybridized carbons (Fsp3) is 0.200. The van der Waals surface area contributed by atoms with Crippen molar-refractivity contribution in [3.63, 3.8) is 0 Å². The second-order valence-electron chi connectivity index (χ2n) is 3.45. The topological polar surface area (TPSA) is 151 Å². The molecule has 0 bridgehead atoms. The Morgan fingerprint density at radius 1 is 0.864 bits per heavy atom. The number of hydroxylamine groups is 4. The highest BCUT2D eigenvalue weighted by Crippen LogP contribution is 2.24. The lowest BCUT2D eigenvalue weighted by Gasteiger charge is -2.06. The summed E-state index contributed by atoms with van der Waals surface area (Å²) in [6, 6.07) is 0. The first-order valence-corrected chi connectivity index (χ1v) is 6.67. The molecule has 0 saturated heterocycles. The second-order valence-corrected chi connectivity index (χ2v) is 4.36. The van der Waals surface area contributed by atoms with Gasteiger partial charge in [-0.1, -0.05) is 0 Å². The Morgan fingerprint density at radius 3 is 1.45 bits per heavy atom. The summed E-state index contributed by atoms with van der Waals surface area (Å²) < 4.78 is 19.5. The van der Waals surface area contributed by atoms with Gasteiger partial charge in [0.1, 0.15) is 0 Å². The Labute approximate surface area is 124 Å². The number of nitrogens with zero attached hydrogens (tertiary/aromatic N) is 2. The van der Waals surface area contributed by atoms with Gasteiger partial charge in [0.15, 0.2) is 0 Å². The van der Waals surface area contributed by atoms with Crippen LogP contribution in [0, 0.1) is 0 Å². The van der Waals surface area contributed by atoms with Crippen LogP contribution in [0.5, 0.6) is 0 Å².